The lowest BCUT2D eigenvalue weighted by molar-refractivity contribution is -0.384. The molecule has 6 heteroatoms. The number of ether oxygens (including phenoxy) is 1. The Kier molecular flexibility index (Phi) is 5.48. The van der Waals surface area contributed by atoms with Crippen LogP contribution in [0.5, 0.6) is 0 Å². The molecule has 0 saturated carbocycles. The monoisotopic (exact) mass is 262 g/mol. The summed E-state index contributed by atoms with van der Waals surface area (Å²) in [7, 11) is 0. The molecule has 1 atom stereocenters. The Labute approximate surface area is 110 Å². The van der Waals surface area contributed by atoms with E-state index in [4.69, 9.17) is 10.00 Å². The maximum atomic E-state index is 11.4. The minimum atomic E-state index is -0.796. The summed E-state index contributed by atoms with van der Waals surface area (Å²) in [5, 5.41) is 19.4. The van der Waals surface area contributed by atoms with Crippen molar-refractivity contribution in [2.45, 2.75) is 19.8 Å². The number of non-ortho nitro benzene ring substituents is 1. The van der Waals surface area contributed by atoms with E-state index in [-0.39, 0.29) is 12.3 Å². The largest absolute Gasteiger partial charge is 0.465 e. The molecule has 1 aromatic rings. The summed E-state index contributed by atoms with van der Waals surface area (Å²) in [6.45, 7) is 1.93. The highest BCUT2D eigenvalue weighted by molar-refractivity contribution is 5.75. The Morgan fingerprint density at radius 2 is 2.11 bits per heavy atom. The third-order valence-electron chi connectivity index (χ3n) is 2.60. The highest BCUT2D eigenvalue weighted by Gasteiger charge is 2.18. The second-order valence-corrected chi connectivity index (χ2v) is 3.90. The van der Waals surface area contributed by atoms with Crippen molar-refractivity contribution in [2.24, 2.45) is 5.92 Å². The fourth-order valence-corrected chi connectivity index (χ4v) is 1.57. The third-order valence-corrected chi connectivity index (χ3v) is 2.60. The molecule has 1 unspecified atom stereocenters. The van der Waals surface area contributed by atoms with Gasteiger partial charge in [-0.15, -0.1) is 0 Å². The van der Waals surface area contributed by atoms with Gasteiger partial charge in [-0.05, 0) is 25.3 Å². The Morgan fingerprint density at radius 1 is 1.47 bits per heavy atom. The number of hydrogen-bond acceptors (Lipinski definition) is 5. The van der Waals surface area contributed by atoms with E-state index in [1.165, 1.54) is 12.1 Å². The van der Waals surface area contributed by atoms with Crippen molar-refractivity contribution in [3.05, 3.63) is 39.9 Å². The topological polar surface area (TPSA) is 93.2 Å². The molecule has 19 heavy (non-hydrogen) atoms. The van der Waals surface area contributed by atoms with Crippen LogP contribution < -0.4 is 0 Å². The molecule has 100 valence electrons. The fraction of sp³-hybridized carbons (Fsp3) is 0.385. The van der Waals surface area contributed by atoms with Crippen molar-refractivity contribution >= 4 is 11.7 Å². The molecule has 1 aromatic carbocycles. The molecule has 0 radical (unpaired) electrons. The summed E-state index contributed by atoms with van der Waals surface area (Å²) in [6.07, 6.45) is 0.835. The first kappa shape index (κ1) is 14.6. The first-order valence-corrected chi connectivity index (χ1v) is 5.88. The summed E-state index contributed by atoms with van der Waals surface area (Å²) in [5.41, 5.74) is 0.862. The van der Waals surface area contributed by atoms with Crippen molar-refractivity contribution in [1.29, 1.82) is 5.26 Å². The number of nitro groups is 1. The fourth-order valence-electron chi connectivity index (χ4n) is 1.57. The van der Waals surface area contributed by atoms with Gasteiger partial charge in [-0.25, -0.2) is 0 Å². The zero-order valence-corrected chi connectivity index (χ0v) is 10.5. The second kappa shape index (κ2) is 7.11. The van der Waals surface area contributed by atoms with Crippen LogP contribution in [0.2, 0.25) is 0 Å². The molecule has 0 spiro atoms. The molecule has 0 aliphatic heterocycles. The molecule has 0 heterocycles. The van der Waals surface area contributed by atoms with Gasteiger partial charge < -0.3 is 4.74 Å². The number of nitro benzene ring substituents is 1. The van der Waals surface area contributed by atoms with Gasteiger partial charge in [-0.1, -0.05) is 12.1 Å². The summed E-state index contributed by atoms with van der Waals surface area (Å²) < 4.78 is 4.78. The number of carbonyl (C=O) groups is 1. The maximum absolute atomic E-state index is 11.4. The number of nitrogens with zero attached hydrogens (tertiary/aromatic N) is 2. The smallest absolute Gasteiger partial charge is 0.323 e. The van der Waals surface area contributed by atoms with Crippen LogP contribution in [0.15, 0.2) is 24.3 Å². The number of hydrogen-bond donors (Lipinski definition) is 0. The van der Waals surface area contributed by atoms with E-state index >= 15 is 0 Å². The zero-order valence-electron chi connectivity index (χ0n) is 10.5. The SMILES string of the molecule is CCOC(=O)C(C#N)CCc1ccc([N+](=O)[O-])cc1. The first-order chi connectivity index (χ1) is 9.08. The maximum Gasteiger partial charge on any atom is 0.323 e. The number of rotatable bonds is 6. The van der Waals surface area contributed by atoms with Gasteiger partial charge in [0.05, 0.1) is 17.6 Å². The molecule has 0 aliphatic carbocycles. The van der Waals surface area contributed by atoms with Gasteiger partial charge in [0.15, 0.2) is 0 Å². The lowest BCUT2D eigenvalue weighted by atomic mass is 10.0. The minimum Gasteiger partial charge on any atom is -0.465 e. The Balaban J connectivity index is 2.58. The van der Waals surface area contributed by atoms with E-state index in [1.54, 1.807) is 19.1 Å². The summed E-state index contributed by atoms with van der Waals surface area (Å²) in [6, 6.07) is 7.96. The average Bonchev–Trinajstić information content (AvgIpc) is 2.40. The molecule has 0 amide bonds. The van der Waals surface area contributed by atoms with Crippen LogP contribution in [0.4, 0.5) is 5.69 Å². The number of aryl methyl sites for hydroxylation is 1. The van der Waals surface area contributed by atoms with Crippen LogP contribution in [0.1, 0.15) is 18.9 Å². The molecule has 1 rings (SSSR count). The molecular weight excluding hydrogens is 248 g/mol. The van der Waals surface area contributed by atoms with Crippen molar-refractivity contribution in [2.75, 3.05) is 6.61 Å². The average molecular weight is 262 g/mol. The van der Waals surface area contributed by atoms with E-state index in [0.717, 1.165) is 5.56 Å². The van der Waals surface area contributed by atoms with Gasteiger partial charge in [0.1, 0.15) is 5.92 Å². The Bertz CT molecular complexity index is 490. The van der Waals surface area contributed by atoms with E-state index in [0.29, 0.717) is 12.8 Å². The predicted octanol–water partition coefficient (Wildman–Crippen LogP) is 2.23. The highest BCUT2D eigenvalue weighted by atomic mass is 16.6. The van der Waals surface area contributed by atoms with Crippen molar-refractivity contribution < 1.29 is 14.5 Å². The van der Waals surface area contributed by atoms with Gasteiger partial charge in [0, 0.05) is 12.1 Å². The highest BCUT2D eigenvalue weighted by Crippen LogP contribution is 2.15. The molecular formula is C13H14N2O4. The summed E-state index contributed by atoms with van der Waals surface area (Å²) in [4.78, 5) is 21.4. The lowest BCUT2D eigenvalue weighted by Gasteiger charge is -2.07. The normalized spacial score (nSPS) is 11.4. The molecule has 0 saturated heterocycles. The van der Waals surface area contributed by atoms with E-state index in [9.17, 15) is 14.9 Å². The van der Waals surface area contributed by atoms with Gasteiger partial charge in [0.2, 0.25) is 0 Å². The first-order valence-electron chi connectivity index (χ1n) is 5.88. The van der Waals surface area contributed by atoms with Gasteiger partial charge in [-0.3, -0.25) is 14.9 Å². The van der Waals surface area contributed by atoms with E-state index < -0.39 is 16.8 Å². The molecule has 0 bridgehead atoms. The number of carbonyl (C=O) groups excluding carboxylic acids is 1. The number of esters is 1. The number of nitriles is 1. The van der Waals surface area contributed by atoms with Gasteiger partial charge in [-0.2, -0.15) is 5.26 Å². The molecule has 0 aliphatic rings. The zero-order chi connectivity index (χ0) is 14.3. The van der Waals surface area contributed by atoms with Crippen molar-refractivity contribution in [3.63, 3.8) is 0 Å². The van der Waals surface area contributed by atoms with Crippen molar-refractivity contribution in [1.82, 2.24) is 0 Å². The third kappa shape index (κ3) is 4.39. The standard InChI is InChI=1S/C13H14N2O4/c1-2-19-13(16)11(9-14)6-3-10-4-7-12(8-5-10)15(17)18/h4-5,7-8,11H,2-3,6H2,1H3. The predicted molar refractivity (Wildman–Crippen MR) is 67.2 cm³/mol. The Hall–Kier alpha value is -2.42. The summed E-state index contributed by atoms with van der Waals surface area (Å²) in [5.74, 6) is -1.32. The van der Waals surface area contributed by atoms with Crippen LogP contribution in [-0.4, -0.2) is 17.5 Å². The van der Waals surface area contributed by atoms with Crippen molar-refractivity contribution in [3.8, 4) is 6.07 Å². The molecule has 0 aromatic heterocycles. The van der Waals surface area contributed by atoms with Crippen LogP contribution >= 0.6 is 0 Å². The minimum absolute atomic E-state index is 0.0194. The van der Waals surface area contributed by atoms with Gasteiger partial charge >= 0.3 is 5.97 Å². The van der Waals surface area contributed by atoms with E-state index in [2.05, 4.69) is 0 Å². The number of benzene rings is 1. The molecule has 0 fully saturated rings. The molecule has 6 nitrogen and oxygen atoms in total. The molecule has 0 N–H and O–H groups in total. The second-order valence-electron chi connectivity index (χ2n) is 3.90. The Morgan fingerprint density at radius 3 is 2.58 bits per heavy atom. The quantitative estimate of drug-likeness (QED) is 0.445. The van der Waals surface area contributed by atoms with Crippen LogP contribution in [0.25, 0.3) is 0 Å². The van der Waals surface area contributed by atoms with E-state index in [1.807, 2.05) is 6.07 Å². The van der Waals surface area contributed by atoms with Crippen LogP contribution in [0.3, 0.4) is 0 Å². The van der Waals surface area contributed by atoms with Crippen LogP contribution in [-0.2, 0) is 16.0 Å². The van der Waals surface area contributed by atoms with Gasteiger partial charge in [0.25, 0.3) is 5.69 Å². The lowest BCUT2D eigenvalue weighted by Crippen LogP contribution is -2.16. The summed E-state index contributed by atoms with van der Waals surface area (Å²) >= 11 is 0. The van der Waals surface area contributed by atoms with Crippen LogP contribution in [0, 0.1) is 27.4 Å².